The van der Waals surface area contributed by atoms with Gasteiger partial charge < -0.3 is 5.11 Å². The quantitative estimate of drug-likeness (QED) is 0.659. The number of allylic oxidation sites excluding steroid dienone is 2. The van der Waals surface area contributed by atoms with Crippen molar-refractivity contribution >= 4 is 0 Å². The fraction of sp³-hybridized carbons (Fsp3) is 0.800. The average molecular weight is 188 g/mol. The molecule has 1 fully saturated rings. The van der Waals surface area contributed by atoms with Crippen LogP contribution in [-0.4, -0.2) is 17.1 Å². The van der Waals surface area contributed by atoms with E-state index in [9.17, 15) is 13.9 Å². The third-order valence-electron chi connectivity index (χ3n) is 3.26. The van der Waals surface area contributed by atoms with Crippen LogP contribution in [0.15, 0.2) is 12.2 Å². The van der Waals surface area contributed by atoms with E-state index in [0.29, 0.717) is 5.92 Å². The molecule has 1 nitrogen and oxygen atoms in total. The van der Waals surface area contributed by atoms with Crippen molar-refractivity contribution in [1.82, 2.24) is 0 Å². The Morgan fingerprint density at radius 1 is 1.38 bits per heavy atom. The highest BCUT2D eigenvalue weighted by atomic mass is 19.3. The normalized spacial score (nSPS) is 39.8. The third kappa shape index (κ3) is 1.50. The first-order chi connectivity index (χ1) is 5.98. The van der Waals surface area contributed by atoms with E-state index < -0.39 is 12.0 Å². The van der Waals surface area contributed by atoms with E-state index in [0.717, 1.165) is 19.8 Å². The summed E-state index contributed by atoms with van der Waals surface area (Å²) in [7, 11) is 0. The van der Waals surface area contributed by atoms with Gasteiger partial charge in [0, 0.05) is 6.92 Å². The molecule has 2 aliphatic carbocycles. The highest BCUT2D eigenvalue weighted by Crippen LogP contribution is 2.47. The second-order valence-corrected chi connectivity index (χ2v) is 4.35. The maximum Gasteiger partial charge on any atom is 0.271 e. The molecule has 2 aliphatic rings. The van der Waals surface area contributed by atoms with Crippen molar-refractivity contribution in [3.8, 4) is 0 Å². The van der Waals surface area contributed by atoms with Crippen molar-refractivity contribution in [1.29, 1.82) is 0 Å². The number of fused-ring (bicyclic) bond motifs is 2. The number of hydrogen-bond donors (Lipinski definition) is 1. The molecular weight excluding hydrogens is 174 g/mol. The van der Waals surface area contributed by atoms with Gasteiger partial charge in [0.2, 0.25) is 0 Å². The van der Waals surface area contributed by atoms with Gasteiger partial charge in [0.05, 0.1) is 0 Å². The van der Waals surface area contributed by atoms with Crippen LogP contribution in [0, 0.1) is 17.8 Å². The standard InChI is InChI=1S/C10H14F2O/c1-10(11,12)9(13)8-5-6-2-3-7(8)4-6/h2-3,6-9,13H,4-5H2,1H3. The van der Waals surface area contributed by atoms with Gasteiger partial charge >= 0.3 is 0 Å². The van der Waals surface area contributed by atoms with Crippen LogP contribution < -0.4 is 0 Å². The Bertz CT molecular complexity index is 232. The monoisotopic (exact) mass is 188 g/mol. The minimum atomic E-state index is -2.96. The highest BCUT2D eigenvalue weighted by molar-refractivity contribution is 5.12. The Morgan fingerprint density at radius 3 is 2.46 bits per heavy atom. The Labute approximate surface area is 76.4 Å². The lowest BCUT2D eigenvalue weighted by Gasteiger charge is -2.28. The van der Waals surface area contributed by atoms with Gasteiger partial charge in [-0.2, -0.15) is 0 Å². The van der Waals surface area contributed by atoms with Crippen LogP contribution in [-0.2, 0) is 0 Å². The van der Waals surface area contributed by atoms with E-state index in [1.54, 1.807) is 0 Å². The molecule has 0 aromatic rings. The Kier molecular flexibility index (Phi) is 1.95. The van der Waals surface area contributed by atoms with Gasteiger partial charge in [-0.05, 0) is 30.6 Å². The molecule has 0 saturated heterocycles. The molecule has 0 aliphatic heterocycles. The predicted molar refractivity (Wildman–Crippen MR) is 45.5 cm³/mol. The second-order valence-electron chi connectivity index (χ2n) is 4.35. The van der Waals surface area contributed by atoms with E-state index in [2.05, 4.69) is 6.08 Å². The van der Waals surface area contributed by atoms with Crippen molar-refractivity contribution in [2.24, 2.45) is 17.8 Å². The van der Waals surface area contributed by atoms with Crippen LogP contribution in [0.5, 0.6) is 0 Å². The summed E-state index contributed by atoms with van der Waals surface area (Å²) in [6.07, 6.45) is 4.28. The zero-order valence-corrected chi connectivity index (χ0v) is 7.58. The summed E-state index contributed by atoms with van der Waals surface area (Å²) < 4.78 is 25.6. The van der Waals surface area contributed by atoms with Crippen LogP contribution in [0.25, 0.3) is 0 Å². The molecule has 74 valence electrons. The molecule has 1 saturated carbocycles. The summed E-state index contributed by atoms with van der Waals surface area (Å²) in [5.74, 6) is -2.56. The first kappa shape index (κ1) is 9.13. The summed E-state index contributed by atoms with van der Waals surface area (Å²) in [6.45, 7) is 0.799. The summed E-state index contributed by atoms with van der Waals surface area (Å²) >= 11 is 0. The average Bonchev–Trinajstić information content (AvgIpc) is 2.60. The molecule has 0 aromatic carbocycles. The maximum absolute atomic E-state index is 12.8. The van der Waals surface area contributed by atoms with Gasteiger partial charge in [-0.1, -0.05) is 12.2 Å². The maximum atomic E-state index is 12.8. The number of alkyl halides is 2. The zero-order valence-electron chi connectivity index (χ0n) is 7.58. The third-order valence-corrected chi connectivity index (χ3v) is 3.26. The molecule has 0 spiro atoms. The van der Waals surface area contributed by atoms with Gasteiger partial charge in [-0.15, -0.1) is 0 Å². The first-order valence-electron chi connectivity index (χ1n) is 4.72. The number of aliphatic hydroxyl groups is 1. The fourth-order valence-electron chi connectivity index (χ4n) is 2.56. The molecule has 4 unspecified atom stereocenters. The minimum Gasteiger partial charge on any atom is -0.387 e. The van der Waals surface area contributed by atoms with E-state index >= 15 is 0 Å². The SMILES string of the molecule is CC(F)(F)C(O)C1CC2C=CC1C2. The molecule has 0 radical (unpaired) electrons. The summed E-state index contributed by atoms with van der Waals surface area (Å²) in [4.78, 5) is 0. The van der Waals surface area contributed by atoms with Crippen LogP contribution in [0.1, 0.15) is 19.8 Å². The minimum absolute atomic E-state index is 0.186. The topological polar surface area (TPSA) is 20.2 Å². The molecule has 13 heavy (non-hydrogen) atoms. The van der Waals surface area contributed by atoms with Crippen molar-refractivity contribution in [3.05, 3.63) is 12.2 Å². The van der Waals surface area contributed by atoms with Crippen LogP contribution >= 0.6 is 0 Å². The molecule has 1 N–H and O–H groups in total. The van der Waals surface area contributed by atoms with Gasteiger partial charge in [0.25, 0.3) is 5.92 Å². The molecule has 4 atom stereocenters. The zero-order chi connectivity index (χ0) is 9.64. The van der Waals surface area contributed by atoms with E-state index in [4.69, 9.17) is 0 Å². The highest BCUT2D eigenvalue weighted by Gasteiger charge is 2.47. The Hall–Kier alpha value is -0.440. The van der Waals surface area contributed by atoms with Crippen LogP contribution in [0.4, 0.5) is 8.78 Å². The lowest BCUT2D eigenvalue weighted by molar-refractivity contribution is -0.122. The van der Waals surface area contributed by atoms with Gasteiger partial charge in [-0.3, -0.25) is 0 Å². The molecular formula is C10H14F2O. The van der Waals surface area contributed by atoms with Crippen molar-refractivity contribution < 1.29 is 13.9 Å². The second kappa shape index (κ2) is 2.77. The largest absolute Gasteiger partial charge is 0.387 e. The smallest absolute Gasteiger partial charge is 0.271 e. The molecule has 0 heterocycles. The van der Waals surface area contributed by atoms with Crippen LogP contribution in [0.2, 0.25) is 0 Å². The molecule has 0 amide bonds. The number of halogens is 2. The van der Waals surface area contributed by atoms with E-state index in [1.807, 2.05) is 6.08 Å². The summed E-state index contributed by atoms with van der Waals surface area (Å²) in [6, 6.07) is 0. The first-order valence-corrected chi connectivity index (χ1v) is 4.72. The Morgan fingerprint density at radius 2 is 2.08 bits per heavy atom. The fourth-order valence-corrected chi connectivity index (χ4v) is 2.56. The lowest BCUT2D eigenvalue weighted by Crippen LogP contribution is -2.38. The van der Waals surface area contributed by atoms with Crippen molar-refractivity contribution in [2.75, 3.05) is 0 Å². The van der Waals surface area contributed by atoms with Gasteiger partial charge in [-0.25, -0.2) is 8.78 Å². The number of rotatable bonds is 2. The molecule has 0 aromatic heterocycles. The summed E-state index contributed by atoms with van der Waals surface area (Å²) in [5, 5.41) is 9.42. The van der Waals surface area contributed by atoms with E-state index in [1.165, 1.54) is 0 Å². The Balaban J connectivity index is 2.07. The van der Waals surface area contributed by atoms with Gasteiger partial charge in [0.15, 0.2) is 0 Å². The molecule has 3 heteroatoms. The van der Waals surface area contributed by atoms with Gasteiger partial charge in [0.1, 0.15) is 6.10 Å². The number of aliphatic hydroxyl groups excluding tert-OH is 1. The molecule has 2 rings (SSSR count). The van der Waals surface area contributed by atoms with Crippen molar-refractivity contribution in [2.45, 2.75) is 31.8 Å². The van der Waals surface area contributed by atoms with Crippen LogP contribution in [0.3, 0.4) is 0 Å². The van der Waals surface area contributed by atoms with Crippen molar-refractivity contribution in [3.63, 3.8) is 0 Å². The predicted octanol–water partition coefficient (Wildman–Crippen LogP) is 2.21. The molecule has 2 bridgehead atoms. The lowest BCUT2D eigenvalue weighted by atomic mass is 9.86. The number of hydrogen-bond acceptors (Lipinski definition) is 1. The summed E-state index contributed by atoms with van der Waals surface area (Å²) in [5.41, 5.74) is 0. The van der Waals surface area contributed by atoms with E-state index in [-0.39, 0.29) is 11.8 Å².